The maximum absolute atomic E-state index is 12.7. The molecule has 0 saturated heterocycles. The van der Waals surface area contributed by atoms with Crippen molar-refractivity contribution in [3.05, 3.63) is 62.5 Å². The molecule has 172 valence electrons. The molecule has 0 bridgehead atoms. The van der Waals surface area contributed by atoms with Crippen molar-refractivity contribution in [2.45, 2.75) is 46.1 Å². The monoisotopic (exact) mass is 485 g/mol. The van der Waals surface area contributed by atoms with E-state index in [4.69, 9.17) is 21.7 Å². The van der Waals surface area contributed by atoms with Crippen molar-refractivity contribution >= 4 is 40.5 Å². The van der Waals surface area contributed by atoms with E-state index in [1.54, 1.807) is 11.3 Å². The molecule has 0 saturated carbocycles. The van der Waals surface area contributed by atoms with Gasteiger partial charge in [0.25, 0.3) is 0 Å². The fraction of sp³-hybridized carbons (Fsp3) is 0.348. The van der Waals surface area contributed by atoms with E-state index < -0.39 is 12.0 Å². The van der Waals surface area contributed by atoms with E-state index in [0.717, 1.165) is 33.2 Å². The number of hydrogen-bond donors (Lipinski definition) is 2. The fourth-order valence-corrected chi connectivity index (χ4v) is 5.19. The summed E-state index contributed by atoms with van der Waals surface area (Å²) in [6.07, 6.45) is 0.459. The lowest BCUT2D eigenvalue weighted by Crippen LogP contribution is -2.26. The second-order valence-electron chi connectivity index (χ2n) is 7.96. The van der Waals surface area contributed by atoms with Crippen LogP contribution >= 0.6 is 22.9 Å². The molecule has 3 heterocycles. The predicted molar refractivity (Wildman–Crippen MR) is 128 cm³/mol. The van der Waals surface area contributed by atoms with Gasteiger partial charge in [0.15, 0.2) is 5.82 Å². The number of hydrogen-bond acceptors (Lipinski definition) is 6. The Kier molecular flexibility index (Phi) is 6.62. The quantitative estimate of drug-likeness (QED) is 0.488. The minimum absolute atomic E-state index is 0.00885. The molecule has 1 aliphatic rings. The van der Waals surface area contributed by atoms with Crippen LogP contribution in [0.25, 0.3) is 5.00 Å². The summed E-state index contributed by atoms with van der Waals surface area (Å²) in [5.41, 5.74) is 3.83. The summed E-state index contributed by atoms with van der Waals surface area (Å²) in [6, 6.07) is 6.97. The fourth-order valence-electron chi connectivity index (χ4n) is 3.85. The molecule has 1 amide bonds. The number of halogens is 1. The number of benzene rings is 1. The Morgan fingerprint density at radius 1 is 1.18 bits per heavy atom. The zero-order chi connectivity index (χ0) is 23.7. The van der Waals surface area contributed by atoms with Crippen LogP contribution in [0.5, 0.6) is 0 Å². The van der Waals surface area contributed by atoms with Gasteiger partial charge in [0.2, 0.25) is 5.91 Å². The predicted octanol–water partition coefficient (Wildman–Crippen LogP) is 4.17. The first-order valence-corrected chi connectivity index (χ1v) is 11.8. The zero-order valence-corrected chi connectivity index (χ0v) is 20.1. The third-order valence-corrected chi connectivity index (χ3v) is 7.07. The highest BCUT2D eigenvalue weighted by Gasteiger charge is 2.32. The normalized spacial score (nSPS) is 14.8. The summed E-state index contributed by atoms with van der Waals surface area (Å²) < 4.78 is 1.99. The van der Waals surface area contributed by atoms with Gasteiger partial charge in [-0.25, -0.2) is 0 Å². The Bertz CT molecular complexity index is 1250. The molecule has 3 aromatic rings. The molecular formula is C23H24ClN5O3S. The highest BCUT2D eigenvalue weighted by atomic mass is 35.5. The third kappa shape index (κ3) is 4.69. The van der Waals surface area contributed by atoms with Gasteiger partial charge in [-0.15, -0.1) is 21.5 Å². The maximum atomic E-state index is 12.7. The molecule has 4 rings (SSSR count). The molecule has 0 aliphatic carbocycles. The summed E-state index contributed by atoms with van der Waals surface area (Å²) in [5, 5.41) is 21.9. The maximum Gasteiger partial charge on any atom is 0.303 e. The minimum Gasteiger partial charge on any atom is -0.481 e. The Labute approximate surface area is 200 Å². The van der Waals surface area contributed by atoms with Gasteiger partial charge in [-0.3, -0.25) is 19.1 Å². The number of carboxylic acid groups (broad SMARTS) is 1. The van der Waals surface area contributed by atoms with Crippen molar-refractivity contribution in [2.24, 2.45) is 4.99 Å². The summed E-state index contributed by atoms with van der Waals surface area (Å²) in [6.45, 7) is 6.34. The molecule has 2 N–H and O–H groups in total. The lowest BCUT2D eigenvalue weighted by Gasteiger charge is -2.13. The van der Waals surface area contributed by atoms with Gasteiger partial charge < -0.3 is 10.4 Å². The summed E-state index contributed by atoms with van der Waals surface area (Å²) >= 11 is 7.78. The standard InChI is InChI=1S/C23H24ClN5O3S/c1-12-13(2)33-23-20(12)21(15-6-8-16(24)9-7-15)26-17(22-28-27-14(3)29(22)23)11-18(30)25-10-4-5-19(31)32/h6-9,17H,4-5,10-11H2,1-3H3,(H,25,30)(H,31,32)/t17-/m0/s1. The second-order valence-corrected chi connectivity index (χ2v) is 9.60. The van der Waals surface area contributed by atoms with Crippen LogP contribution in [0.4, 0.5) is 0 Å². The van der Waals surface area contributed by atoms with Gasteiger partial charge in [-0.1, -0.05) is 23.7 Å². The molecule has 1 atom stereocenters. The van der Waals surface area contributed by atoms with Crippen LogP contribution in [0.2, 0.25) is 5.02 Å². The molecular weight excluding hydrogens is 462 g/mol. The highest BCUT2D eigenvalue weighted by Crippen LogP contribution is 2.39. The first kappa shape index (κ1) is 23.1. The van der Waals surface area contributed by atoms with E-state index >= 15 is 0 Å². The van der Waals surface area contributed by atoms with Crippen molar-refractivity contribution in [1.29, 1.82) is 0 Å². The molecule has 33 heavy (non-hydrogen) atoms. The van der Waals surface area contributed by atoms with Crippen molar-refractivity contribution in [3.63, 3.8) is 0 Å². The molecule has 1 aromatic carbocycles. The van der Waals surface area contributed by atoms with Gasteiger partial charge in [-0.2, -0.15) is 0 Å². The number of fused-ring (bicyclic) bond motifs is 3. The highest BCUT2D eigenvalue weighted by molar-refractivity contribution is 7.15. The molecule has 0 radical (unpaired) electrons. The van der Waals surface area contributed by atoms with Crippen molar-refractivity contribution in [2.75, 3.05) is 6.54 Å². The zero-order valence-electron chi connectivity index (χ0n) is 18.6. The van der Waals surface area contributed by atoms with Crippen LogP contribution in [0, 0.1) is 20.8 Å². The number of rotatable bonds is 7. The van der Waals surface area contributed by atoms with Crippen LogP contribution in [0.15, 0.2) is 29.3 Å². The van der Waals surface area contributed by atoms with Crippen molar-refractivity contribution in [3.8, 4) is 5.00 Å². The van der Waals surface area contributed by atoms with E-state index in [1.807, 2.05) is 35.8 Å². The van der Waals surface area contributed by atoms with E-state index in [-0.39, 0.29) is 18.7 Å². The number of aliphatic carboxylic acids is 1. The lowest BCUT2D eigenvalue weighted by molar-refractivity contribution is -0.137. The molecule has 2 aromatic heterocycles. The van der Waals surface area contributed by atoms with Crippen LogP contribution in [0.3, 0.4) is 0 Å². The number of nitrogens with zero attached hydrogens (tertiary/aromatic N) is 4. The first-order valence-electron chi connectivity index (χ1n) is 10.6. The van der Waals surface area contributed by atoms with Crippen molar-refractivity contribution < 1.29 is 14.7 Å². The topological polar surface area (TPSA) is 109 Å². The number of thiophene rings is 1. The molecule has 8 nitrogen and oxygen atoms in total. The van der Waals surface area contributed by atoms with E-state index in [2.05, 4.69) is 29.4 Å². The average Bonchev–Trinajstić information content (AvgIpc) is 3.24. The lowest BCUT2D eigenvalue weighted by atomic mass is 9.99. The van der Waals surface area contributed by atoms with Gasteiger partial charge in [0.1, 0.15) is 16.9 Å². The van der Waals surface area contributed by atoms with Crippen LogP contribution in [0.1, 0.15) is 58.5 Å². The van der Waals surface area contributed by atoms with E-state index in [0.29, 0.717) is 23.8 Å². The number of carboxylic acids is 1. The van der Waals surface area contributed by atoms with Crippen molar-refractivity contribution in [1.82, 2.24) is 20.1 Å². The second kappa shape index (κ2) is 9.44. The third-order valence-electron chi connectivity index (χ3n) is 5.63. The Balaban J connectivity index is 1.75. The SMILES string of the molecule is Cc1sc2c(c1C)C(c1ccc(Cl)cc1)=N[C@@H](CC(=O)NCCCC(=O)O)c1nnc(C)n1-2. The Morgan fingerprint density at radius 2 is 1.91 bits per heavy atom. The van der Waals surface area contributed by atoms with Crippen LogP contribution in [-0.2, 0) is 9.59 Å². The number of aromatic nitrogens is 3. The minimum atomic E-state index is -0.884. The van der Waals surface area contributed by atoms with Gasteiger partial charge in [-0.05, 0) is 44.9 Å². The number of aryl methyl sites for hydroxylation is 2. The van der Waals surface area contributed by atoms with E-state index in [1.165, 1.54) is 4.88 Å². The largest absolute Gasteiger partial charge is 0.481 e. The molecule has 10 heteroatoms. The molecule has 0 fully saturated rings. The van der Waals surface area contributed by atoms with Gasteiger partial charge >= 0.3 is 5.97 Å². The first-order chi connectivity index (χ1) is 15.8. The van der Waals surface area contributed by atoms with Crippen LogP contribution < -0.4 is 5.32 Å². The van der Waals surface area contributed by atoms with E-state index in [9.17, 15) is 9.59 Å². The number of nitrogens with one attached hydrogen (secondary N) is 1. The molecule has 0 unspecified atom stereocenters. The number of carbonyl (C=O) groups is 2. The smallest absolute Gasteiger partial charge is 0.303 e. The summed E-state index contributed by atoms with van der Waals surface area (Å²) in [7, 11) is 0. The van der Waals surface area contributed by atoms with Gasteiger partial charge in [0.05, 0.1) is 12.1 Å². The molecule has 0 spiro atoms. The molecule has 1 aliphatic heterocycles. The summed E-state index contributed by atoms with van der Waals surface area (Å²) in [5.74, 6) is 0.243. The average molecular weight is 486 g/mol. The number of aliphatic imine (C=N–C) groups is 1. The van der Waals surface area contributed by atoms with Crippen LogP contribution in [-0.4, -0.2) is 44.0 Å². The number of carbonyl (C=O) groups excluding carboxylic acids is 1. The Hall–Kier alpha value is -3.04. The van der Waals surface area contributed by atoms with Gasteiger partial charge in [0, 0.05) is 34.0 Å². The summed E-state index contributed by atoms with van der Waals surface area (Å²) in [4.78, 5) is 29.6. The number of amides is 1. The Morgan fingerprint density at radius 3 is 2.61 bits per heavy atom.